The predicted octanol–water partition coefficient (Wildman–Crippen LogP) is -0.781. The lowest BCUT2D eigenvalue weighted by atomic mass is 9.96. The minimum atomic E-state index is -0.875. The summed E-state index contributed by atoms with van der Waals surface area (Å²) in [6.07, 6.45) is 1.03. The molecule has 0 fully saturated rings. The summed E-state index contributed by atoms with van der Waals surface area (Å²) in [6, 6.07) is 0. The fourth-order valence-corrected chi connectivity index (χ4v) is 1.21. The molecule has 0 radical (unpaired) electrons. The second-order valence-corrected chi connectivity index (χ2v) is 4.11. The van der Waals surface area contributed by atoms with E-state index in [0.29, 0.717) is 30.3 Å². The average molecular weight is 223 g/mol. The van der Waals surface area contributed by atoms with Crippen LogP contribution in [-0.2, 0) is 0 Å². The number of hydrogen-bond donors (Lipinski definition) is 5. The van der Waals surface area contributed by atoms with Crippen LogP contribution in [0.3, 0.4) is 0 Å². The smallest absolute Gasteiger partial charge is 0.130 e. The van der Waals surface area contributed by atoms with E-state index >= 15 is 0 Å². The van der Waals surface area contributed by atoms with Crippen molar-refractivity contribution >= 4 is 29.2 Å². The summed E-state index contributed by atoms with van der Waals surface area (Å²) >= 11 is 8.59. The lowest BCUT2D eigenvalue weighted by Crippen LogP contribution is -2.42. The summed E-state index contributed by atoms with van der Waals surface area (Å²) in [5, 5.41) is 12.7. The molecule has 0 aliphatic carbocycles. The molecule has 1 atom stereocenters. The quantitative estimate of drug-likeness (QED) is 0.301. The molecule has 0 aromatic carbocycles. The van der Waals surface area contributed by atoms with E-state index in [2.05, 4.69) is 17.9 Å². The average Bonchev–Trinajstić information content (AvgIpc) is 2.04. The number of nitrogens with two attached hydrogens (primary N) is 2. The highest BCUT2D eigenvalue weighted by atomic mass is 32.1. The van der Waals surface area contributed by atoms with Crippen LogP contribution in [0.15, 0.2) is 0 Å². The second kappa shape index (κ2) is 6.56. The molecule has 0 spiro atoms. The first kappa shape index (κ1) is 13.1. The lowest BCUT2D eigenvalue weighted by Gasteiger charge is -2.25. The number of thiol groups is 1. The number of rotatable bonds is 6. The number of nitrogens with one attached hydrogen (secondary N) is 1. The van der Waals surface area contributed by atoms with Gasteiger partial charge in [-0.25, -0.2) is 0 Å². The van der Waals surface area contributed by atoms with Gasteiger partial charge in [-0.15, -0.1) is 12.6 Å². The molecule has 0 rings (SSSR count). The Balaban J connectivity index is 3.76. The Morgan fingerprint density at radius 3 is 2.46 bits per heavy atom. The van der Waals surface area contributed by atoms with E-state index in [-0.39, 0.29) is 6.54 Å². The SMILES string of the molecule is NCCC(O)(CN)CCNC(=S)S. The van der Waals surface area contributed by atoms with Crippen LogP contribution < -0.4 is 16.8 Å². The third kappa shape index (κ3) is 6.23. The summed E-state index contributed by atoms with van der Waals surface area (Å²) in [6.45, 7) is 1.21. The van der Waals surface area contributed by atoms with Crippen molar-refractivity contribution in [3.63, 3.8) is 0 Å². The molecular formula is C7H17N3OS2. The van der Waals surface area contributed by atoms with Crippen LogP contribution in [0.25, 0.3) is 0 Å². The molecule has 0 bridgehead atoms. The van der Waals surface area contributed by atoms with E-state index in [1.54, 1.807) is 0 Å². The molecule has 0 saturated heterocycles. The Bertz CT molecular complexity index is 168. The molecule has 1 unspecified atom stereocenters. The van der Waals surface area contributed by atoms with Gasteiger partial charge in [0, 0.05) is 13.1 Å². The van der Waals surface area contributed by atoms with Crippen LogP contribution in [0.1, 0.15) is 12.8 Å². The van der Waals surface area contributed by atoms with Crippen molar-refractivity contribution in [2.45, 2.75) is 18.4 Å². The van der Waals surface area contributed by atoms with Gasteiger partial charge in [0.15, 0.2) is 0 Å². The van der Waals surface area contributed by atoms with Crippen LogP contribution in [0, 0.1) is 0 Å². The summed E-state index contributed by atoms with van der Waals surface area (Å²) in [5.41, 5.74) is 9.89. The minimum Gasteiger partial charge on any atom is -0.388 e. The molecule has 0 aromatic heterocycles. The maximum absolute atomic E-state index is 9.82. The number of aliphatic hydroxyl groups is 1. The Kier molecular flexibility index (Phi) is 6.62. The van der Waals surface area contributed by atoms with E-state index < -0.39 is 5.60 Å². The van der Waals surface area contributed by atoms with Gasteiger partial charge in [0.05, 0.1) is 5.60 Å². The second-order valence-electron chi connectivity index (χ2n) is 2.95. The number of hydrogen-bond acceptors (Lipinski definition) is 4. The fraction of sp³-hybridized carbons (Fsp3) is 0.857. The molecule has 0 heterocycles. The largest absolute Gasteiger partial charge is 0.388 e. The van der Waals surface area contributed by atoms with Crippen LogP contribution >= 0.6 is 24.8 Å². The first-order chi connectivity index (χ1) is 6.04. The van der Waals surface area contributed by atoms with Gasteiger partial charge in [-0.3, -0.25) is 0 Å². The van der Waals surface area contributed by atoms with Gasteiger partial charge in [-0.2, -0.15) is 0 Å². The first-order valence-electron chi connectivity index (χ1n) is 4.13. The topological polar surface area (TPSA) is 84.3 Å². The maximum atomic E-state index is 9.82. The summed E-state index contributed by atoms with van der Waals surface area (Å²) in [4.78, 5) is 0. The van der Waals surface area contributed by atoms with Gasteiger partial charge in [-0.1, -0.05) is 12.2 Å². The lowest BCUT2D eigenvalue weighted by molar-refractivity contribution is 0.0355. The van der Waals surface area contributed by atoms with Crippen molar-refractivity contribution in [1.29, 1.82) is 0 Å². The monoisotopic (exact) mass is 223 g/mol. The normalized spacial score (nSPS) is 15.1. The molecule has 0 aliphatic rings. The van der Waals surface area contributed by atoms with Gasteiger partial charge in [0.1, 0.15) is 4.32 Å². The Morgan fingerprint density at radius 2 is 2.08 bits per heavy atom. The third-order valence-corrected chi connectivity index (χ3v) is 2.16. The molecule has 78 valence electrons. The Labute approximate surface area is 89.5 Å². The molecule has 0 aliphatic heterocycles. The van der Waals surface area contributed by atoms with Gasteiger partial charge < -0.3 is 21.9 Å². The molecule has 4 nitrogen and oxygen atoms in total. The maximum Gasteiger partial charge on any atom is 0.130 e. The zero-order chi connectivity index (χ0) is 10.3. The molecule has 6 heteroatoms. The molecule has 0 saturated carbocycles. The molecular weight excluding hydrogens is 206 g/mol. The van der Waals surface area contributed by atoms with Gasteiger partial charge in [-0.05, 0) is 19.4 Å². The van der Waals surface area contributed by atoms with Crippen molar-refractivity contribution in [1.82, 2.24) is 5.32 Å². The van der Waals surface area contributed by atoms with Crippen molar-refractivity contribution in [3.8, 4) is 0 Å². The predicted molar refractivity (Wildman–Crippen MR) is 61.9 cm³/mol. The highest BCUT2D eigenvalue weighted by molar-refractivity contribution is 8.11. The summed E-state index contributed by atoms with van der Waals surface area (Å²) in [7, 11) is 0. The van der Waals surface area contributed by atoms with Crippen molar-refractivity contribution in [2.75, 3.05) is 19.6 Å². The summed E-state index contributed by atoms with van der Waals surface area (Å²) in [5.74, 6) is 0. The van der Waals surface area contributed by atoms with E-state index in [9.17, 15) is 5.11 Å². The fourth-order valence-electron chi connectivity index (χ4n) is 1.000. The van der Waals surface area contributed by atoms with Crippen LogP contribution in [0.2, 0.25) is 0 Å². The standard InChI is InChI=1S/C7H17N3OS2/c8-3-1-7(11,5-9)2-4-10-6(12)13/h11H,1-5,8-9H2,(H2,10,12,13). The van der Waals surface area contributed by atoms with Crippen LogP contribution in [-0.4, -0.2) is 34.7 Å². The summed E-state index contributed by atoms with van der Waals surface area (Å²) < 4.78 is 0.423. The van der Waals surface area contributed by atoms with Crippen molar-refractivity contribution < 1.29 is 5.11 Å². The molecule has 6 N–H and O–H groups in total. The Hall–Kier alpha value is 0.120. The van der Waals surface area contributed by atoms with E-state index in [4.69, 9.17) is 23.7 Å². The van der Waals surface area contributed by atoms with Crippen molar-refractivity contribution in [3.05, 3.63) is 0 Å². The van der Waals surface area contributed by atoms with E-state index in [0.717, 1.165) is 0 Å². The zero-order valence-electron chi connectivity index (χ0n) is 7.49. The minimum absolute atomic E-state index is 0.214. The Morgan fingerprint density at radius 1 is 1.46 bits per heavy atom. The van der Waals surface area contributed by atoms with Crippen molar-refractivity contribution in [2.24, 2.45) is 11.5 Å². The molecule has 0 amide bonds. The zero-order valence-corrected chi connectivity index (χ0v) is 9.20. The molecule has 0 aromatic rings. The van der Waals surface area contributed by atoms with Gasteiger partial charge in [0.2, 0.25) is 0 Å². The van der Waals surface area contributed by atoms with Crippen LogP contribution in [0.4, 0.5) is 0 Å². The van der Waals surface area contributed by atoms with E-state index in [1.807, 2.05) is 0 Å². The highest BCUT2D eigenvalue weighted by Crippen LogP contribution is 2.11. The van der Waals surface area contributed by atoms with E-state index in [1.165, 1.54) is 0 Å². The third-order valence-electron chi connectivity index (χ3n) is 1.86. The van der Waals surface area contributed by atoms with Gasteiger partial charge >= 0.3 is 0 Å². The van der Waals surface area contributed by atoms with Crippen LogP contribution in [0.5, 0.6) is 0 Å². The molecule has 13 heavy (non-hydrogen) atoms. The highest BCUT2D eigenvalue weighted by Gasteiger charge is 2.23. The number of thiocarbonyl (C=S) groups is 1. The first-order valence-corrected chi connectivity index (χ1v) is 4.99. The van der Waals surface area contributed by atoms with Gasteiger partial charge in [0.25, 0.3) is 0 Å².